The summed E-state index contributed by atoms with van der Waals surface area (Å²) in [5.74, 6) is 0.614. The standard InChI is InChI=1S/C16H24N2O2/c1-3-18-11-7-8-13(18)12-17-16(19)14-9-5-6-10-15(14)20-4-2/h5-6,9-10,13H,3-4,7-8,11-12H2,1-2H3,(H,17,19)/t13-/m0/s1. The Bertz CT molecular complexity index is 448. The Morgan fingerprint density at radius 3 is 2.95 bits per heavy atom. The van der Waals surface area contributed by atoms with E-state index in [9.17, 15) is 4.79 Å². The highest BCUT2D eigenvalue weighted by Gasteiger charge is 2.23. The molecule has 1 aliphatic heterocycles. The molecule has 110 valence electrons. The number of carbonyl (C=O) groups excluding carboxylic acids is 1. The smallest absolute Gasteiger partial charge is 0.255 e. The fourth-order valence-electron chi connectivity index (χ4n) is 2.78. The predicted octanol–water partition coefficient (Wildman–Crippen LogP) is 2.30. The molecule has 1 heterocycles. The number of amides is 1. The van der Waals surface area contributed by atoms with Gasteiger partial charge in [0.05, 0.1) is 12.2 Å². The number of hydrogen-bond donors (Lipinski definition) is 1. The van der Waals surface area contributed by atoms with Gasteiger partial charge in [0.25, 0.3) is 5.91 Å². The summed E-state index contributed by atoms with van der Waals surface area (Å²) in [7, 11) is 0. The zero-order chi connectivity index (χ0) is 14.4. The maximum absolute atomic E-state index is 12.3. The number of ether oxygens (including phenoxy) is 1. The van der Waals surface area contributed by atoms with Gasteiger partial charge in [0, 0.05) is 12.6 Å². The van der Waals surface area contributed by atoms with E-state index < -0.39 is 0 Å². The first-order valence-electron chi connectivity index (χ1n) is 7.50. The molecule has 1 aromatic rings. The van der Waals surface area contributed by atoms with Gasteiger partial charge >= 0.3 is 0 Å². The number of rotatable bonds is 6. The zero-order valence-electron chi connectivity index (χ0n) is 12.4. The van der Waals surface area contributed by atoms with Gasteiger partial charge in [0.15, 0.2) is 0 Å². The second kappa shape index (κ2) is 7.29. The number of benzene rings is 1. The number of likely N-dealkylation sites (tertiary alicyclic amines) is 1. The molecule has 1 amide bonds. The minimum absolute atomic E-state index is 0.0444. The van der Waals surface area contributed by atoms with Crippen molar-refractivity contribution in [1.29, 1.82) is 0 Å². The fourth-order valence-corrected chi connectivity index (χ4v) is 2.78. The van der Waals surface area contributed by atoms with E-state index in [-0.39, 0.29) is 5.91 Å². The molecule has 2 rings (SSSR count). The van der Waals surface area contributed by atoms with Crippen LogP contribution < -0.4 is 10.1 Å². The topological polar surface area (TPSA) is 41.6 Å². The van der Waals surface area contributed by atoms with E-state index in [1.807, 2.05) is 31.2 Å². The summed E-state index contributed by atoms with van der Waals surface area (Å²) in [6.07, 6.45) is 2.39. The number of nitrogens with zero attached hydrogens (tertiary/aromatic N) is 1. The average molecular weight is 276 g/mol. The van der Waals surface area contributed by atoms with Crippen LogP contribution >= 0.6 is 0 Å². The first-order valence-corrected chi connectivity index (χ1v) is 7.50. The lowest BCUT2D eigenvalue weighted by atomic mass is 10.1. The molecular weight excluding hydrogens is 252 g/mol. The van der Waals surface area contributed by atoms with Gasteiger partial charge in [0.1, 0.15) is 5.75 Å². The van der Waals surface area contributed by atoms with Crippen LogP contribution in [0, 0.1) is 0 Å². The lowest BCUT2D eigenvalue weighted by molar-refractivity contribution is 0.0937. The highest BCUT2D eigenvalue weighted by molar-refractivity contribution is 5.96. The number of likely N-dealkylation sites (N-methyl/N-ethyl adjacent to an activating group) is 1. The molecule has 1 aromatic carbocycles. The van der Waals surface area contributed by atoms with Crippen LogP contribution in [-0.2, 0) is 0 Å². The summed E-state index contributed by atoms with van der Waals surface area (Å²) in [6.45, 7) is 7.57. The first kappa shape index (κ1) is 14.9. The lowest BCUT2D eigenvalue weighted by Crippen LogP contribution is -2.40. The van der Waals surface area contributed by atoms with Crippen molar-refractivity contribution in [1.82, 2.24) is 10.2 Å². The Hall–Kier alpha value is -1.55. The summed E-state index contributed by atoms with van der Waals surface area (Å²) in [6, 6.07) is 7.88. The molecule has 4 heteroatoms. The first-order chi connectivity index (χ1) is 9.76. The molecule has 0 aromatic heterocycles. The van der Waals surface area contributed by atoms with Crippen LogP contribution in [0.2, 0.25) is 0 Å². The molecule has 0 spiro atoms. The summed E-state index contributed by atoms with van der Waals surface area (Å²) in [4.78, 5) is 14.7. The Morgan fingerprint density at radius 2 is 2.20 bits per heavy atom. The van der Waals surface area contributed by atoms with Crippen molar-refractivity contribution in [2.24, 2.45) is 0 Å². The fraction of sp³-hybridized carbons (Fsp3) is 0.562. The van der Waals surface area contributed by atoms with Crippen LogP contribution in [-0.4, -0.2) is 43.1 Å². The number of carbonyl (C=O) groups is 1. The van der Waals surface area contributed by atoms with Crippen molar-refractivity contribution in [3.05, 3.63) is 29.8 Å². The molecule has 0 saturated carbocycles. The number of hydrogen-bond acceptors (Lipinski definition) is 3. The molecule has 1 aliphatic rings. The summed E-state index contributed by atoms with van der Waals surface area (Å²) in [5.41, 5.74) is 0.621. The Labute approximate surface area is 121 Å². The largest absolute Gasteiger partial charge is 0.493 e. The van der Waals surface area contributed by atoms with Crippen molar-refractivity contribution in [3.8, 4) is 5.75 Å². The summed E-state index contributed by atoms with van der Waals surface area (Å²) in [5, 5.41) is 3.04. The molecule has 0 aliphatic carbocycles. The van der Waals surface area contributed by atoms with Gasteiger partial charge in [-0.3, -0.25) is 9.69 Å². The molecule has 0 unspecified atom stereocenters. The maximum atomic E-state index is 12.3. The number of nitrogens with one attached hydrogen (secondary N) is 1. The molecule has 1 fully saturated rings. The van der Waals surface area contributed by atoms with Gasteiger partial charge in [-0.2, -0.15) is 0 Å². The average Bonchev–Trinajstić information content (AvgIpc) is 2.93. The van der Waals surface area contributed by atoms with Crippen molar-refractivity contribution < 1.29 is 9.53 Å². The molecule has 1 atom stereocenters. The Morgan fingerprint density at radius 1 is 1.40 bits per heavy atom. The molecule has 4 nitrogen and oxygen atoms in total. The van der Waals surface area contributed by atoms with Gasteiger partial charge in [-0.25, -0.2) is 0 Å². The van der Waals surface area contributed by atoms with E-state index in [2.05, 4.69) is 17.1 Å². The molecule has 0 radical (unpaired) electrons. The van der Waals surface area contributed by atoms with Crippen molar-refractivity contribution in [2.45, 2.75) is 32.7 Å². The van der Waals surface area contributed by atoms with E-state index in [4.69, 9.17) is 4.74 Å². The molecule has 0 bridgehead atoms. The summed E-state index contributed by atoms with van der Waals surface area (Å²) >= 11 is 0. The quantitative estimate of drug-likeness (QED) is 0.867. The number of para-hydroxylation sites is 1. The maximum Gasteiger partial charge on any atom is 0.255 e. The zero-order valence-corrected chi connectivity index (χ0v) is 12.4. The molecular formula is C16H24N2O2. The van der Waals surface area contributed by atoms with Gasteiger partial charge in [-0.15, -0.1) is 0 Å². The van der Waals surface area contributed by atoms with Crippen LogP contribution in [0.15, 0.2) is 24.3 Å². The second-order valence-corrected chi connectivity index (χ2v) is 5.06. The van der Waals surface area contributed by atoms with E-state index in [1.165, 1.54) is 12.8 Å². The highest BCUT2D eigenvalue weighted by atomic mass is 16.5. The third-order valence-corrected chi connectivity index (χ3v) is 3.84. The van der Waals surface area contributed by atoms with Crippen LogP contribution in [0.5, 0.6) is 5.75 Å². The van der Waals surface area contributed by atoms with Crippen molar-refractivity contribution in [3.63, 3.8) is 0 Å². The molecule has 1 N–H and O–H groups in total. The van der Waals surface area contributed by atoms with Gasteiger partial charge < -0.3 is 10.1 Å². The van der Waals surface area contributed by atoms with Gasteiger partial charge in [-0.1, -0.05) is 19.1 Å². The lowest BCUT2D eigenvalue weighted by Gasteiger charge is -2.23. The van der Waals surface area contributed by atoms with E-state index in [0.29, 0.717) is 30.5 Å². The molecule has 1 saturated heterocycles. The van der Waals surface area contributed by atoms with Gasteiger partial charge in [-0.05, 0) is 45.0 Å². The summed E-state index contributed by atoms with van der Waals surface area (Å²) < 4.78 is 5.50. The normalized spacial score (nSPS) is 19.0. The van der Waals surface area contributed by atoms with E-state index >= 15 is 0 Å². The van der Waals surface area contributed by atoms with Crippen molar-refractivity contribution in [2.75, 3.05) is 26.2 Å². The third kappa shape index (κ3) is 3.51. The predicted molar refractivity (Wildman–Crippen MR) is 80.2 cm³/mol. The van der Waals surface area contributed by atoms with Crippen LogP contribution in [0.1, 0.15) is 37.0 Å². The van der Waals surface area contributed by atoms with Gasteiger partial charge in [0.2, 0.25) is 0 Å². The SMILES string of the molecule is CCOc1ccccc1C(=O)NC[C@@H]1CCCN1CC. The molecule has 20 heavy (non-hydrogen) atoms. The van der Waals surface area contributed by atoms with Crippen LogP contribution in [0.3, 0.4) is 0 Å². The minimum atomic E-state index is -0.0444. The Balaban J connectivity index is 1.95. The van der Waals surface area contributed by atoms with E-state index in [0.717, 1.165) is 13.1 Å². The Kier molecular flexibility index (Phi) is 5.41. The highest BCUT2D eigenvalue weighted by Crippen LogP contribution is 2.19. The third-order valence-electron chi connectivity index (χ3n) is 3.84. The van der Waals surface area contributed by atoms with Crippen LogP contribution in [0.4, 0.5) is 0 Å². The van der Waals surface area contributed by atoms with E-state index in [1.54, 1.807) is 0 Å². The monoisotopic (exact) mass is 276 g/mol. The van der Waals surface area contributed by atoms with Crippen LogP contribution in [0.25, 0.3) is 0 Å². The van der Waals surface area contributed by atoms with Crippen molar-refractivity contribution >= 4 is 5.91 Å². The minimum Gasteiger partial charge on any atom is -0.493 e. The second-order valence-electron chi connectivity index (χ2n) is 5.06.